The fraction of sp³-hybridized carbons (Fsp3) is 0.500. The minimum absolute atomic E-state index is 0.271. The van der Waals surface area contributed by atoms with Gasteiger partial charge in [-0.25, -0.2) is 0 Å². The Hall–Kier alpha value is -1.73. The van der Waals surface area contributed by atoms with Crippen LogP contribution in [0.3, 0.4) is 0 Å². The predicted octanol–water partition coefficient (Wildman–Crippen LogP) is 2.18. The molecule has 96 valence electrons. The molecule has 1 unspecified atom stereocenters. The van der Waals surface area contributed by atoms with E-state index in [1.165, 1.54) is 0 Å². The van der Waals surface area contributed by atoms with Crippen molar-refractivity contribution in [2.75, 3.05) is 32.2 Å². The summed E-state index contributed by atoms with van der Waals surface area (Å²) in [6.45, 7) is 1.66. The van der Waals surface area contributed by atoms with Gasteiger partial charge in [0.2, 0.25) is 0 Å². The van der Waals surface area contributed by atoms with Crippen molar-refractivity contribution in [1.29, 1.82) is 5.26 Å². The highest BCUT2D eigenvalue weighted by Gasteiger charge is 2.19. The Kier molecular flexibility index (Phi) is 4.06. The van der Waals surface area contributed by atoms with Crippen LogP contribution in [0.2, 0.25) is 0 Å². The fourth-order valence-electron chi connectivity index (χ4n) is 2.24. The maximum atomic E-state index is 9.14. The monoisotopic (exact) mass is 246 g/mol. The lowest BCUT2D eigenvalue weighted by molar-refractivity contribution is 0.116. The molecule has 0 N–H and O–H groups in total. The maximum absolute atomic E-state index is 9.14. The minimum atomic E-state index is 0.271. The van der Waals surface area contributed by atoms with Gasteiger partial charge in [0.05, 0.1) is 24.5 Å². The number of anilines is 1. The summed E-state index contributed by atoms with van der Waals surface area (Å²) in [7, 11) is 3.61. The van der Waals surface area contributed by atoms with Crippen molar-refractivity contribution in [3.8, 4) is 11.8 Å². The Morgan fingerprint density at radius 3 is 3.00 bits per heavy atom. The number of methoxy groups -OCH3 is 1. The highest BCUT2D eigenvalue weighted by molar-refractivity contribution is 5.61. The molecule has 0 aliphatic carbocycles. The van der Waals surface area contributed by atoms with Crippen LogP contribution in [0, 0.1) is 11.3 Å². The van der Waals surface area contributed by atoms with Crippen LogP contribution in [0.5, 0.6) is 5.75 Å². The molecule has 0 aromatic heterocycles. The van der Waals surface area contributed by atoms with E-state index in [4.69, 9.17) is 14.7 Å². The molecule has 1 saturated heterocycles. The number of nitrogens with zero attached hydrogens (tertiary/aromatic N) is 2. The van der Waals surface area contributed by atoms with Gasteiger partial charge in [0.15, 0.2) is 0 Å². The van der Waals surface area contributed by atoms with Crippen molar-refractivity contribution in [2.45, 2.75) is 18.9 Å². The highest BCUT2D eigenvalue weighted by atomic mass is 16.5. The van der Waals surface area contributed by atoms with Gasteiger partial charge in [0.25, 0.3) is 0 Å². The van der Waals surface area contributed by atoms with E-state index in [2.05, 4.69) is 11.0 Å². The lowest BCUT2D eigenvalue weighted by Gasteiger charge is -2.24. The molecule has 0 spiro atoms. The summed E-state index contributed by atoms with van der Waals surface area (Å²) in [5, 5.41) is 9.14. The van der Waals surface area contributed by atoms with Crippen LogP contribution in [0.4, 0.5) is 5.69 Å². The number of benzene rings is 1. The number of likely N-dealkylation sites (N-methyl/N-ethyl adjacent to an activating group) is 1. The van der Waals surface area contributed by atoms with Gasteiger partial charge in [-0.2, -0.15) is 5.26 Å². The molecule has 1 aliphatic heterocycles. The normalized spacial score (nSPS) is 18.4. The molecule has 1 fully saturated rings. The third kappa shape index (κ3) is 2.74. The second-order valence-corrected chi connectivity index (χ2v) is 4.51. The molecular formula is C14H18N2O2. The van der Waals surface area contributed by atoms with Crippen LogP contribution in [0.15, 0.2) is 18.2 Å². The molecule has 0 radical (unpaired) electrons. The fourth-order valence-corrected chi connectivity index (χ4v) is 2.24. The van der Waals surface area contributed by atoms with Gasteiger partial charge in [-0.1, -0.05) is 0 Å². The number of ether oxygens (including phenoxy) is 2. The van der Waals surface area contributed by atoms with E-state index in [1.807, 2.05) is 19.2 Å². The van der Waals surface area contributed by atoms with E-state index in [0.717, 1.165) is 37.4 Å². The quantitative estimate of drug-likeness (QED) is 0.817. The highest BCUT2D eigenvalue weighted by Crippen LogP contribution is 2.26. The van der Waals surface area contributed by atoms with Gasteiger partial charge in [-0.3, -0.25) is 0 Å². The zero-order valence-corrected chi connectivity index (χ0v) is 10.8. The molecule has 1 aromatic carbocycles. The Bertz CT molecular complexity index is 448. The summed E-state index contributed by atoms with van der Waals surface area (Å²) < 4.78 is 10.8. The zero-order chi connectivity index (χ0) is 13.0. The van der Waals surface area contributed by atoms with Gasteiger partial charge in [-0.15, -0.1) is 0 Å². The van der Waals surface area contributed by atoms with E-state index in [-0.39, 0.29) is 6.10 Å². The van der Waals surface area contributed by atoms with Gasteiger partial charge in [0.1, 0.15) is 11.8 Å². The third-order valence-corrected chi connectivity index (χ3v) is 3.24. The van der Waals surface area contributed by atoms with E-state index >= 15 is 0 Å². The summed E-state index contributed by atoms with van der Waals surface area (Å²) in [6, 6.07) is 7.71. The van der Waals surface area contributed by atoms with Crippen LogP contribution in [-0.2, 0) is 4.74 Å². The second kappa shape index (κ2) is 5.74. The topological polar surface area (TPSA) is 45.5 Å². The molecule has 1 atom stereocenters. The second-order valence-electron chi connectivity index (χ2n) is 4.51. The Morgan fingerprint density at radius 1 is 1.56 bits per heavy atom. The van der Waals surface area contributed by atoms with Crippen molar-refractivity contribution in [2.24, 2.45) is 0 Å². The van der Waals surface area contributed by atoms with E-state index in [0.29, 0.717) is 5.56 Å². The first kappa shape index (κ1) is 12.7. The predicted molar refractivity (Wildman–Crippen MR) is 70.0 cm³/mol. The number of nitriles is 1. The van der Waals surface area contributed by atoms with E-state index in [1.54, 1.807) is 13.2 Å². The van der Waals surface area contributed by atoms with Crippen LogP contribution in [0.25, 0.3) is 0 Å². The summed E-state index contributed by atoms with van der Waals surface area (Å²) in [5.74, 6) is 0.767. The molecule has 4 nitrogen and oxygen atoms in total. The molecule has 1 aromatic rings. The van der Waals surface area contributed by atoms with Crippen molar-refractivity contribution < 1.29 is 9.47 Å². The number of hydrogen-bond acceptors (Lipinski definition) is 4. The van der Waals surface area contributed by atoms with Crippen molar-refractivity contribution in [3.05, 3.63) is 23.8 Å². The summed E-state index contributed by atoms with van der Waals surface area (Å²) >= 11 is 0. The molecule has 4 heteroatoms. The maximum Gasteiger partial charge on any atom is 0.121 e. The summed E-state index contributed by atoms with van der Waals surface area (Å²) in [4.78, 5) is 2.07. The minimum Gasteiger partial charge on any atom is -0.497 e. The van der Waals surface area contributed by atoms with Gasteiger partial charge in [-0.05, 0) is 25.0 Å². The average molecular weight is 246 g/mol. The molecule has 1 aliphatic rings. The van der Waals surface area contributed by atoms with Crippen LogP contribution >= 0.6 is 0 Å². The SMILES string of the molecule is COc1ccc(C#N)c(N(C)CC2CCCO2)c1. The van der Waals surface area contributed by atoms with E-state index in [9.17, 15) is 0 Å². The zero-order valence-electron chi connectivity index (χ0n) is 10.8. The Labute approximate surface area is 108 Å². The Balaban J connectivity index is 2.16. The van der Waals surface area contributed by atoms with Gasteiger partial charge < -0.3 is 14.4 Å². The molecule has 1 heterocycles. The average Bonchev–Trinajstić information content (AvgIpc) is 2.90. The van der Waals surface area contributed by atoms with Crippen LogP contribution in [-0.4, -0.2) is 33.4 Å². The van der Waals surface area contributed by atoms with Crippen molar-refractivity contribution in [3.63, 3.8) is 0 Å². The smallest absolute Gasteiger partial charge is 0.121 e. The lowest BCUT2D eigenvalue weighted by Crippen LogP contribution is -2.29. The first-order valence-electron chi connectivity index (χ1n) is 6.15. The Morgan fingerprint density at radius 2 is 2.39 bits per heavy atom. The molecule has 2 rings (SSSR count). The molecule has 18 heavy (non-hydrogen) atoms. The number of rotatable bonds is 4. The first-order chi connectivity index (χ1) is 8.74. The van der Waals surface area contributed by atoms with Gasteiger partial charge >= 0.3 is 0 Å². The molecule has 0 saturated carbocycles. The van der Waals surface area contributed by atoms with E-state index < -0.39 is 0 Å². The molecular weight excluding hydrogens is 228 g/mol. The first-order valence-corrected chi connectivity index (χ1v) is 6.15. The van der Waals surface area contributed by atoms with Crippen molar-refractivity contribution in [1.82, 2.24) is 0 Å². The molecule has 0 amide bonds. The largest absolute Gasteiger partial charge is 0.497 e. The standard InChI is InChI=1S/C14H18N2O2/c1-16(10-13-4-3-7-18-13)14-8-12(17-2)6-5-11(14)9-15/h5-6,8,13H,3-4,7,10H2,1-2H3. The summed E-state index contributed by atoms with van der Waals surface area (Å²) in [5.41, 5.74) is 1.56. The van der Waals surface area contributed by atoms with Crippen LogP contribution < -0.4 is 9.64 Å². The van der Waals surface area contributed by atoms with Gasteiger partial charge in [0, 0.05) is 26.3 Å². The lowest BCUT2D eigenvalue weighted by atomic mass is 10.1. The summed E-state index contributed by atoms with van der Waals surface area (Å²) in [6.07, 6.45) is 2.49. The third-order valence-electron chi connectivity index (χ3n) is 3.24. The van der Waals surface area contributed by atoms with Crippen molar-refractivity contribution >= 4 is 5.69 Å². The van der Waals surface area contributed by atoms with Crippen LogP contribution in [0.1, 0.15) is 18.4 Å². The number of hydrogen-bond donors (Lipinski definition) is 0. The molecule has 0 bridgehead atoms.